The van der Waals surface area contributed by atoms with E-state index in [9.17, 15) is 17.6 Å². The fraction of sp³-hybridized carbons (Fsp3) is 0.429. The lowest BCUT2D eigenvalue weighted by molar-refractivity contribution is -0.138. The van der Waals surface area contributed by atoms with Crippen LogP contribution in [0.1, 0.15) is 11.1 Å². The number of hydrogen-bond acceptors (Lipinski definition) is 2. The van der Waals surface area contributed by atoms with Crippen LogP contribution in [0.15, 0.2) is 30.0 Å². The third-order valence-electron chi connectivity index (χ3n) is 3.92. The van der Waals surface area contributed by atoms with Gasteiger partial charge in [0.05, 0.1) is 5.56 Å². The standard InChI is InChI=1S/C14H14F4N2/c15-10-2-1-8(12(4-10)14(16,17)18)3-13-11-7-19-5-9(11)6-20-13/h1-2,4,7,9,13,19-20H,3,5-6H2. The Balaban J connectivity index is 1.88. The van der Waals surface area contributed by atoms with Crippen molar-refractivity contribution in [3.63, 3.8) is 0 Å². The van der Waals surface area contributed by atoms with Crippen molar-refractivity contribution in [3.05, 3.63) is 46.9 Å². The van der Waals surface area contributed by atoms with Crippen LogP contribution in [0, 0.1) is 11.7 Å². The quantitative estimate of drug-likeness (QED) is 0.816. The summed E-state index contributed by atoms with van der Waals surface area (Å²) in [6, 6.07) is 2.78. The van der Waals surface area contributed by atoms with Crippen LogP contribution in [0.4, 0.5) is 17.6 Å². The number of fused-ring (bicyclic) bond motifs is 1. The molecule has 2 aliphatic rings. The zero-order valence-electron chi connectivity index (χ0n) is 10.6. The fourth-order valence-corrected chi connectivity index (χ4v) is 2.93. The average molecular weight is 286 g/mol. The molecule has 0 spiro atoms. The molecule has 2 atom stereocenters. The Bertz CT molecular complexity index is 551. The molecule has 2 nitrogen and oxygen atoms in total. The van der Waals surface area contributed by atoms with E-state index in [2.05, 4.69) is 10.6 Å². The van der Waals surface area contributed by atoms with Crippen LogP contribution in [0.5, 0.6) is 0 Å². The van der Waals surface area contributed by atoms with Crippen LogP contribution < -0.4 is 10.6 Å². The predicted octanol–water partition coefficient (Wildman–Crippen LogP) is 2.46. The monoisotopic (exact) mass is 286 g/mol. The van der Waals surface area contributed by atoms with Gasteiger partial charge in [-0.2, -0.15) is 13.2 Å². The Morgan fingerprint density at radius 2 is 2.00 bits per heavy atom. The Hall–Kier alpha value is -1.56. The maximum absolute atomic E-state index is 13.1. The highest BCUT2D eigenvalue weighted by atomic mass is 19.4. The van der Waals surface area contributed by atoms with Crippen molar-refractivity contribution >= 4 is 0 Å². The van der Waals surface area contributed by atoms with Crippen LogP contribution in [-0.4, -0.2) is 19.1 Å². The summed E-state index contributed by atoms with van der Waals surface area (Å²) < 4.78 is 51.9. The summed E-state index contributed by atoms with van der Waals surface area (Å²) in [4.78, 5) is 0. The SMILES string of the molecule is Fc1ccc(CC2NCC3CNC=C32)c(C(F)(F)F)c1. The van der Waals surface area contributed by atoms with E-state index in [0.717, 1.165) is 24.7 Å². The molecule has 2 aliphatic heterocycles. The first-order chi connectivity index (χ1) is 9.45. The van der Waals surface area contributed by atoms with Crippen LogP contribution in [0.3, 0.4) is 0 Å². The molecule has 2 N–H and O–H groups in total. The summed E-state index contributed by atoms with van der Waals surface area (Å²) in [7, 11) is 0. The molecule has 2 unspecified atom stereocenters. The van der Waals surface area contributed by atoms with Crippen LogP contribution in [-0.2, 0) is 12.6 Å². The van der Waals surface area contributed by atoms with Crippen LogP contribution in [0.25, 0.3) is 0 Å². The molecule has 108 valence electrons. The molecule has 0 aliphatic carbocycles. The average Bonchev–Trinajstić information content (AvgIpc) is 2.95. The molecule has 0 bridgehead atoms. The van der Waals surface area contributed by atoms with E-state index in [4.69, 9.17) is 0 Å². The minimum Gasteiger partial charge on any atom is -0.390 e. The van der Waals surface area contributed by atoms with Crippen LogP contribution in [0.2, 0.25) is 0 Å². The van der Waals surface area contributed by atoms with Gasteiger partial charge in [-0.15, -0.1) is 0 Å². The zero-order valence-corrected chi connectivity index (χ0v) is 10.6. The first-order valence-corrected chi connectivity index (χ1v) is 6.47. The molecule has 1 fully saturated rings. The van der Waals surface area contributed by atoms with Gasteiger partial charge in [0.15, 0.2) is 0 Å². The number of nitrogens with one attached hydrogen (secondary N) is 2. The van der Waals surface area contributed by atoms with E-state index in [1.165, 1.54) is 6.07 Å². The molecule has 1 aromatic rings. The molecule has 0 radical (unpaired) electrons. The molecule has 0 saturated carbocycles. The van der Waals surface area contributed by atoms with Gasteiger partial charge in [-0.3, -0.25) is 0 Å². The second-order valence-corrected chi connectivity index (χ2v) is 5.21. The van der Waals surface area contributed by atoms with Crippen molar-refractivity contribution in [2.45, 2.75) is 18.6 Å². The predicted molar refractivity (Wildman–Crippen MR) is 66.5 cm³/mol. The first kappa shape index (κ1) is 13.4. The molecule has 0 amide bonds. The number of hydrogen-bond donors (Lipinski definition) is 2. The van der Waals surface area contributed by atoms with Crippen molar-refractivity contribution in [2.75, 3.05) is 13.1 Å². The molecule has 20 heavy (non-hydrogen) atoms. The minimum absolute atomic E-state index is 0.110. The third kappa shape index (κ3) is 2.40. The molecule has 1 saturated heterocycles. The van der Waals surface area contributed by atoms with Crippen molar-refractivity contribution in [1.29, 1.82) is 0 Å². The van der Waals surface area contributed by atoms with Crippen molar-refractivity contribution < 1.29 is 17.6 Å². The zero-order chi connectivity index (χ0) is 14.3. The molecular formula is C14H14F4N2. The van der Waals surface area contributed by atoms with Gasteiger partial charge in [-0.05, 0) is 35.9 Å². The molecule has 6 heteroatoms. The number of halogens is 4. The van der Waals surface area contributed by atoms with Crippen molar-refractivity contribution in [3.8, 4) is 0 Å². The summed E-state index contributed by atoms with van der Waals surface area (Å²) in [5.74, 6) is -0.505. The Morgan fingerprint density at radius 1 is 1.20 bits per heavy atom. The lowest BCUT2D eigenvalue weighted by atomic mass is 9.94. The normalized spacial score (nSPS) is 25.3. The van der Waals surface area contributed by atoms with Gasteiger partial charge in [-0.25, -0.2) is 4.39 Å². The fourth-order valence-electron chi connectivity index (χ4n) is 2.93. The highest BCUT2D eigenvalue weighted by molar-refractivity contribution is 5.34. The Morgan fingerprint density at radius 3 is 2.75 bits per heavy atom. The smallest absolute Gasteiger partial charge is 0.390 e. The third-order valence-corrected chi connectivity index (χ3v) is 3.92. The van der Waals surface area contributed by atoms with Crippen molar-refractivity contribution in [2.24, 2.45) is 5.92 Å². The molecule has 0 aromatic heterocycles. The van der Waals surface area contributed by atoms with E-state index in [-0.39, 0.29) is 18.0 Å². The number of rotatable bonds is 2. The van der Waals surface area contributed by atoms with E-state index < -0.39 is 17.6 Å². The van der Waals surface area contributed by atoms with Gasteiger partial charge in [0, 0.05) is 25.0 Å². The highest BCUT2D eigenvalue weighted by Gasteiger charge is 2.37. The van der Waals surface area contributed by atoms with Gasteiger partial charge >= 0.3 is 6.18 Å². The number of benzene rings is 1. The Labute approximate surface area is 113 Å². The summed E-state index contributed by atoms with van der Waals surface area (Å²) >= 11 is 0. The van der Waals surface area contributed by atoms with Gasteiger partial charge < -0.3 is 10.6 Å². The van der Waals surface area contributed by atoms with Crippen molar-refractivity contribution in [1.82, 2.24) is 10.6 Å². The van der Waals surface area contributed by atoms with E-state index in [1.807, 2.05) is 6.20 Å². The maximum Gasteiger partial charge on any atom is 0.416 e. The second-order valence-electron chi connectivity index (χ2n) is 5.21. The topological polar surface area (TPSA) is 24.1 Å². The van der Waals surface area contributed by atoms with E-state index >= 15 is 0 Å². The summed E-state index contributed by atoms with van der Waals surface area (Å²) in [5, 5.41) is 6.34. The van der Waals surface area contributed by atoms with E-state index in [0.29, 0.717) is 12.0 Å². The van der Waals surface area contributed by atoms with Gasteiger partial charge in [0.2, 0.25) is 0 Å². The van der Waals surface area contributed by atoms with Gasteiger partial charge in [0.1, 0.15) is 5.82 Å². The first-order valence-electron chi connectivity index (χ1n) is 6.47. The minimum atomic E-state index is -4.53. The summed E-state index contributed by atoms with van der Waals surface area (Å²) in [6.07, 6.45) is -2.43. The Kier molecular flexibility index (Phi) is 3.20. The molecule has 3 rings (SSSR count). The lowest BCUT2D eigenvalue weighted by Crippen LogP contribution is -2.27. The number of alkyl halides is 3. The van der Waals surface area contributed by atoms with E-state index in [1.54, 1.807) is 0 Å². The maximum atomic E-state index is 13.1. The molecule has 1 aromatic carbocycles. The molecule has 2 heterocycles. The lowest BCUT2D eigenvalue weighted by Gasteiger charge is -2.17. The second kappa shape index (κ2) is 4.77. The van der Waals surface area contributed by atoms with Crippen LogP contribution >= 0.6 is 0 Å². The molecular weight excluding hydrogens is 272 g/mol. The van der Waals surface area contributed by atoms with Gasteiger partial charge in [-0.1, -0.05) is 6.07 Å². The largest absolute Gasteiger partial charge is 0.416 e. The summed E-state index contributed by atoms with van der Waals surface area (Å²) in [5.41, 5.74) is 0.363. The highest BCUT2D eigenvalue weighted by Crippen LogP contribution is 2.35. The summed E-state index contributed by atoms with van der Waals surface area (Å²) in [6.45, 7) is 1.60. The van der Waals surface area contributed by atoms with Gasteiger partial charge in [0.25, 0.3) is 0 Å².